The molecule has 0 radical (unpaired) electrons. The van der Waals surface area contributed by atoms with Crippen LogP contribution in [-0.2, 0) is 0 Å². The van der Waals surface area contributed by atoms with Gasteiger partial charge in [0.2, 0.25) is 0 Å². The number of aliphatic hydroxyl groups excluding tert-OH is 1. The van der Waals surface area contributed by atoms with Gasteiger partial charge in [-0.15, -0.1) is 0 Å². The van der Waals surface area contributed by atoms with E-state index in [2.05, 4.69) is 27.6 Å². The van der Waals surface area contributed by atoms with Gasteiger partial charge in [0.15, 0.2) is 0 Å². The Morgan fingerprint density at radius 3 is 3.06 bits per heavy atom. The van der Waals surface area contributed by atoms with Crippen molar-refractivity contribution in [2.45, 2.75) is 19.4 Å². The molecule has 1 N–H and O–H groups in total. The van der Waals surface area contributed by atoms with Crippen molar-refractivity contribution in [1.82, 2.24) is 4.98 Å². The first-order valence-corrected chi connectivity index (χ1v) is 6.59. The van der Waals surface area contributed by atoms with Crippen molar-refractivity contribution in [3.63, 3.8) is 0 Å². The molecule has 0 saturated carbocycles. The Balaban J connectivity index is 2.26. The minimum absolute atomic E-state index is 0.440. The number of benzene rings is 1. The predicted molar refractivity (Wildman–Crippen MR) is 79.1 cm³/mol. The molecule has 0 aliphatic rings. The normalized spacial score (nSPS) is 13.9. The number of hydrogen-bond donors (Lipinski definition) is 1. The zero-order valence-electron chi connectivity index (χ0n) is 9.60. The van der Waals surface area contributed by atoms with Crippen LogP contribution in [0.5, 0.6) is 0 Å². The Kier molecular flexibility index (Phi) is 4.12. The molecule has 0 spiro atoms. The fourth-order valence-electron chi connectivity index (χ4n) is 1.71. The molecule has 17 heavy (non-hydrogen) atoms. The number of allylic oxidation sites excluding steroid dienone is 1. The second-order valence-electron chi connectivity index (χ2n) is 4.00. The van der Waals surface area contributed by atoms with Gasteiger partial charge in [0, 0.05) is 11.6 Å². The third-order valence-corrected chi connectivity index (χ3v) is 3.07. The van der Waals surface area contributed by atoms with Gasteiger partial charge in [-0.05, 0) is 63.3 Å². The number of fused-ring (bicyclic) bond motifs is 1. The summed E-state index contributed by atoms with van der Waals surface area (Å²) in [6.45, 7) is 2.03. The summed E-state index contributed by atoms with van der Waals surface area (Å²) in [7, 11) is 0. The Bertz CT molecular complexity index is 547. The van der Waals surface area contributed by atoms with E-state index in [0.29, 0.717) is 6.42 Å². The fourth-order valence-corrected chi connectivity index (χ4v) is 1.97. The topological polar surface area (TPSA) is 33.1 Å². The van der Waals surface area contributed by atoms with Crippen LogP contribution in [0.25, 0.3) is 10.9 Å². The average Bonchev–Trinajstić information content (AvgIpc) is 2.35. The van der Waals surface area contributed by atoms with Gasteiger partial charge in [0.25, 0.3) is 0 Å². The molecular weight excluding hydrogens is 325 g/mol. The quantitative estimate of drug-likeness (QED) is 0.858. The molecule has 0 aliphatic heterocycles. The van der Waals surface area contributed by atoms with Crippen LogP contribution in [0.3, 0.4) is 0 Å². The summed E-state index contributed by atoms with van der Waals surface area (Å²) in [4.78, 5) is 4.26. The maximum absolute atomic E-state index is 10.1. The van der Waals surface area contributed by atoms with Crippen LogP contribution in [-0.4, -0.2) is 10.1 Å². The van der Waals surface area contributed by atoms with Crippen LogP contribution >= 0.6 is 22.6 Å². The smallest absolute Gasteiger partial charge is 0.0825 e. The summed E-state index contributed by atoms with van der Waals surface area (Å²) in [5.74, 6) is 0. The summed E-state index contributed by atoms with van der Waals surface area (Å²) < 4.78 is 1.20. The molecule has 2 nitrogen and oxygen atoms in total. The standard InChI is InChI=1S/C14H14INO/c1-10(15)4-7-14(17)12-5-6-13-11(9-12)3-2-8-16-13/h2-6,8-9,14,17H,7H2,1H3/t14-/m1/s1. The predicted octanol–water partition coefficient (Wildman–Crippen LogP) is 4.00. The highest BCUT2D eigenvalue weighted by Gasteiger charge is 2.06. The van der Waals surface area contributed by atoms with Crippen LogP contribution in [0, 0.1) is 0 Å². The molecule has 88 valence electrons. The van der Waals surface area contributed by atoms with E-state index in [9.17, 15) is 5.11 Å². The Morgan fingerprint density at radius 2 is 2.29 bits per heavy atom. The molecule has 0 amide bonds. The minimum Gasteiger partial charge on any atom is -0.388 e. The van der Waals surface area contributed by atoms with E-state index in [1.54, 1.807) is 6.20 Å². The minimum atomic E-state index is -0.440. The summed E-state index contributed by atoms with van der Waals surface area (Å²) in [6, 6.07) is 9.82. The highest BCUT2D eigenvalue weighted by Crippen LogP contribution is 2.22. The first-order chi connectivity index (χ1) is 8.16. The van der Waals surface area contributed by atoms with Crippen LogP contribution in [0.2, 0.25) is 0 Å². The Hall–Kier alpha value is -0.940. The molecule has 0 fully saturated rings. The number of pyridine rings is 1. The lowest BCUT2D eigenvalue weighted by atomic mass is 10.0. The van der Waals surface area contributed by atoms with Crippen molar-refractivity contribution in [2.24, 2.45) is 0 Å². The first-order valence-electron chi connectivity index (χ1n) is 5.52. The maximum atomic E-state index is 10.1. The molecule has 0 saturated heterocycles. The van der Waals surface area contributed by atoms with Gasteiger partial charge in [-0.1, -0.05) is 18.2 Å². The molecule has 1 atom stereocenters. The van der Waals surface area contributed by atoms with Gasteiger partial charge in [-0.25, -0.2) is 0 Å². The van der Waals surface area contributed by atoms with Gasteiger partial charge < -0.3 is 5.11 Å². The second-order valence-corrected chi connectivity index (χ2v) is 5.70. The van der Waals surface area contributed by atoms with E-state index in [1.165, 1.54) is 3.58 Å². The van der Waals surface area contributed by atoms with Crippen molar-refractivity contribution in [2.75, 3.05) is 0 Å². The lowest BCUT2D eigenvalue weighted by molar-refractivity contribution is 0.181. The van der Waals surface area contributed by atoms with Crippen molar-refractivity contribution >= 4 is 33.5 Å². The van der Waals surface area contributed by atoms with Crippen LogP contribution in [0.4, 0.5) is 0 Å². The zero-order chi connectivity index (χ0) is 12.3. The van der Waals surface area contributed by atoms with Gasteiger partial charge in [0.1, 0.15) is 0 Å². The van der Waals surface area contributed by atoms with E-state index in [1.807, 2.05) is 43.3 Å². The van der Waals surface area contributed by atoms with Gasteiger partial charge in [0.05, 0.1) is 11.6 Å². The Labute approximate surface area is 115 Å². The molecule has 0 unspecified atom stereocenters. The van der Waals surface area contributed by atoms with Gasteiger partial charge in [-0.2, -0.15) is 0 Å². The lowest BCUT2D eigenvalue weighted by Gasteiger charge is -2.09. The summed E-state index contributed by atoms with van der Waals surface area (Å²) in [5, 5.41) is 11.1. The highest BCUT2D eigenvalue weighted by molar-refractivity contribution is 14.1. The lowest BCUT2D eigenvalue weighted by Crippen LogP contribution is -1.95. The summed E-state index contributed by atoms with van der Waals surface area (Å²) >= 11 is 2.25. The third kappa shape index (κ3) is 3.26. The molecule has 3 heteroatoms. The van der Waals surface area contributed by atoms with Crippen LogP contribution < -0.4 is 0 Å². The fraction of sp³-hybridized carbons (Fsp3) is 0.214. The van der Waals surface area contributed by atoms with E-state index in [0.717, 1.165) is 16.5 Å². The van der Waals surface area contributed by atoms with Crippen LogP contribution in [0.1, 0.15) is 25.0 Å². The molecule has 2 aromatic rings. The van der Waals surface area contributed by atoms with Gasteiger partial charge >= 0.3 is 0 Å². The molecular formula is C14H14INO. The highest BCUT2D eigenvalue weighted by atomic mass is 127. The third-order valence-electron chi connectivity index (χ3n) is 2.63. The molecule has 1 aromatic carbocycles. The molecule has 1 heterocycles. The monoisotopic (exact) mass is 339 g/mol. The molecule has 2 rings (SSSR count). The number of aliphatic hydroxyl groups is 1. The van der Waals surface area contributed by atoms with Crippen molar-refractivity contribution in [1.29, 1.82) is 0 Å². The van der Waals surface area contributed by atoms with E-state index in [4.69, 9.17) is 0 Å². The number of aromatic nitrogens is 1. The SMILES string of the molecule is CC(I)=CC[C@@H](O)c1ccc2ncccc2c1. The van der Waals surface area contributed by atoms with Crippen molar-refractivity contribution in [3.8, 4) is 0 Å². The summed E-state index contributed by atoms with van der Waals surface area (Å²) in [5.41, 5.74) is 1.91. The van der Waals surface area contributed by atoms with Gasteiger partial charge in [-0.3, -0.25) is 4.98 Å². The second kappa shape index (κ2) is 5.60. The maximum Gasteiger partial charge on any atom is 0.0825 e. The Morgan fingerprint density at radius 1 is 1.47 bits per heavy atom. The number of rotatable bonds is 3. The van der Waals surface area contributed by atoms with Crippen LogP contribution in [0.15, 0.2) is 46.2 Å². The number of nitrogens with zero attached hydrogens (tertiary/aromatic N) is 1. The summed E-state index contributed by atoms with van der Waals surface area (Å²) in [6.07, 6.45) is 4.03. The van der Waals surface area contributed by atoms with Crippen molar-refractivity contribution in [3.05, 3.63) is 51.7 Å². The van der Waals surface area contributed by atoms with E-state index >= 15 is 0 Å². The first kappa shape index (κ1) is 12.5. The number of hydrogen-bond acceptors (Lipinski definition) is 2. The molecule has 1 aromatic heterocycles. The number of halogens is 1. The van der Waals surface area contributed by atoms with Crippen molar-refractivity contribution < 1.29 is 5.11 Å². The van der Waals surface area contributed by atoms with E-state index in [-0.39, 0.29) is 0 Å². The average molecular weight is 339 g/mol. The molecule has 0 aliphatic carbocycles. The zero-order valence-corrected chi connectivity index (χ0v) is 11.8. The molecule has 0 bridgehead atoms. The van der Waals surface area contributed by atoms with E-state index < -0.39 is 6.10 Å². The largest absolute Gasteiger partial charge is 0.388 e.